The van der Waals surface area contributed by atoms with Crippen molar-refractivity contribution in [2.24, 2.45) is 0 Å². The van der Waals surface area contributed by atoms with Crippen molar-refractivity contribution in [2.45, 2.75) is 18.2 Å². The molecule has 0 radical (unpaired) electrons. The van der Waals surface area contributed by atoms with Crippen molar-refractivity contribution in [3.8, 4) is 5.75 Å². The molecule has 0 unspecified atom stereocenters. The van der Waals surface area contributed by atoms with E-state index in [9.17, 15) is 13.2 Å². The summed E-state index contributed by atoms with van der Waals surface area (Å²) >= 11 is 5.97. The second kappa shape index (κ2) is 9.19. The Morgan fingerprint density at radius 1 is 1.00 bits per heavy atom. The molecule has 8 heteroatoms. The van der Waals surface area contributed by atoms with Crippen LogP contribution in [0.2, 0.25) is 5.02 Å². The third-order valence-corrected chi connectivity index (χ3v) is 6.06. The number of sulfonamides is 1. The molecule has 30 heavy (non-hydrogen) atoms. The summed E-state index contributed by atoms with van der Waals surface area (Å²) < 4.78 is 33.4. The fraction of sp³-hybridized carbons (Fsp3) is 0.136. The number of halogens is 1. The number of carbonyl (C=O) groups is 1. The lowest BCUT2D eigenvalue weighted by atomic mass is 10.1. The number of ether oxygens (including phenoxy) is 1. The van der Waals surface area contributed by atoms with E-state index < -0.39 is 15.9 Å². The fourth-order valence-electron chi connectivity index (χ4n) is 2.91. The predicted molar refractivity (Wildman–Crippen MR) is 119 cm³/mol. The van der Waals surface area contributed by atoms with Crippen molar-refractivity contribution >= 4 is 38.9 Å². The molecular weight excluding hydrogens is 424 g/mol. The van der Waals surface area contributed by atoms with Crippen LogP contribution in [0.25, 0.3) is 0 Å². The maximum Gasteiger partial charge on any atom is 0.262 e. The smallest absolute Gasteiger partial charge is 0.262 e. The van der Waals surface area contributed by atoms with E-state index in [-0.39, 0.29) is 16.1 Å². The molecule has 0 heterocycles. The van der Waals surface area contributed by atoms with E-state index in [0.717, 1.165) is 12.0 Å². The van der Waals surface area contributed by atoms with Crippen LogP contribution in [0, 0.1) is 0 Å². The van der Waals surface area contributed by atoms with Gasteiger partial charge in [0.05, 0.1) is 17.7 Å². The number of amides is 1. The molecule has 3 rings (SSSR count). The van der Waals surface area contributed by atoms with Crippen molar-refractivity contribution in [1.82, 2.24) is 0 Å². The van der Waals surface area contributed by atoms with Crippen LogP contribution in [0.3, 0.4) is 0 Å². The SMILES string of the molecule is CCc1ccccc1NC(=O)c1cccc(S(=O)(=O)Nc2cc(Cl)ccc2OC)c1. The van der Waals surface area contributed by atoms with Gasteiger partial charge in [0.15, 0.2) is 0 Å². The monoisotopic (exact) mass is 444 g/mol. The van der Waals surface area contributed by atoms with Crippen molar-refractivity contribution in [3.63, 3.8) is 0 Å². The molecule has 3 aromatic rings. The lowest BCUT2D eigenvalue weighted by Crippen LogP contribution is -2.16. The van der Waals surface area contributed by atoms with Gasteiger partial charge < -0.3 is 10.1 Å². The molecule has 0 fully saturated rings. The topological polar surface area (TPSA) is 84.5 Å². The molecule has 0 bridgehead atoms. The van der Waals surface area contributed by atoms with Crippen LogP contribution in [-0.4, -0.2) is 21.4 Å². The zero-order chi connectivity index (χ0) is 21.7. The Balaban J connectivity index is 1.87. The second-order valence-corrected chi connectivity index (χ2v) is 8.56. The molecule has 0 aliphatic carbocycles. The molecule has 0 saturated heterocycles. The first-order valence-corrected chi connectivity index (χ1v) is 11.1. The lowest BCUT2D eigenvalue weighted by Gasteiger charge is -2.13. The minimum atomic E-state index is -3.97. The number of benzene rings is 3. The molecule has 2 N–H and O–H groups in total. The van der Waals surface area contributed by atoms with Gasteiger partial charge in [-0.2, -0.15) is 0 Å². The number of methoxy groups -OCH3 is 1. The van der Waals surface area contributed by atoms with Crippen molar-refractivity contribution in [3.05, 3.63) is 82.9 Å². The summed E-state index contributed by atoms with van der Waals surface area (Å²) in [6.45, 7) is 1.99. The Morgan fingerprint density at radius 2 is 1.77 bits per heavy atom. The van der Waals surface area contributed by atoms with E-state index in [1.807, 2.05) is 31.2 Å². The molecule has 3 aromatic carbocycles. The van der Waals surface area contributed by atoms with E-state index in [2.05, 4.69) is 10.0 Å². The third kappa shape index (κ3) is 4.93. The van der Waals surface area contributed by atoms with Gasteiger partial charge in [-0.1, -0.05) is 42.8 Å². The van der Waals surface area contributed by atoms with E-state index in [0.29, 0.717) is 16.5 Å². The normalized spacial score (nSPS) is 11.0. The highest BCUT2D eigenvalue weighted by Gasteiger charge is 2.19. The molecule has 0 atom stereocenters. The molecule has 0 aromatic heterocycles. The number of anilines is 2. The molecule has 1 amide bonds. The number of aryl methyl sites for hydroxylation is 1. The summed E-state index contributed by atoms with van der Waals surface area (Å²) in [7, 11) is -2.54. The third-order valence-electron chi connectivity index (χ3n) is 4.46. The fourth-order valence-corrected chi connectivity index (χ4v) is 4.19. The Morgan fingerprint density at radius 3 is 2.50 bits per heavy atom. The number of hydrogen-bond acceptors (Lipinski definition) is 4. The van der Waals surface area contributed by atoms with Gasteiger partial charge in [0.2, 0.25) is 0 Å². The molecule has 0 saturated carbocycles. The highest BCUT2D eigenvalue weighted by molar-refractivity contribution is 7.92. The van der Waals surface area contributed by atoms with Gasteiger partial charge >= 0.3 is 0 Å². The van der Waals surface area contributed by atoms with E-state index >= 15 is 0 Å². The number of hydrogen-bond donors (Lipinski definition) is 2. The van der Waals surface area contributed by atoms with Crippen molar-refractivity contribution in [2.75, 3.05) is 17.1 Å². The average molecular weight is 445 g/mol. The van der Waals surface area contributed by atoms with Crippen LogP contribution >= 0.6 is 11.6 Å². The van der Waals surface area contributed by atoms with E-state index in [1.165, 1.54) is 31.4 Å². The Kier molecular flexibility index (Phi) is 6.64. The largest absolute Gasteiger partial charge is 0.495 e. The Labute approximate surface area is 180 Å². The van der Waals surface area contributed by atoms with Crippen LogP contribution in [0.5, 0.6) is 5.75 Å². The molecule has 156 valence electrons. The molecular formula is C22H21ClN2O4S. The van der Waals surface area contributed by atoms with Gasteiger partial charge in [-0.15, -0.1) is 0 Å². The molecule has 6 nitrogen and oxygen atoms in total. The van der Waals surface area contributed by atoms with E-state index in [1.54, 1.807) is 18.2 Å². The van der Waals surface area contributed by atoms with Gasteiger partial charge in [-0.05, 0) is 54.4 Å². The summed E-state index contributed by atoms with van der Waals surface area (Å²) in [4.78, 5) is 12.6. The van der Waals surface area contributed by atoms with E-state index in [4.69, 9.17) is 16.3 Å². The zero-order valence-electron chi connectivity index (χ0n) is 16.5. The Hall–Kier alpha value is -3.03. The summed E-state index contributed by atoms with van der Waals surface area (Å²) in [5, 5.41) is 3.20. The number of rotatable bonds is 7. The first-order chi connectivity index (χ1) is 14.3. The summed E-state index contributed by atoms with van der Waals surface area (Å²) in [5.41, 5.74) is 2.11. The predicted octanol–water partition coefficient (Wildman–Crippen LogP) is 4.96. The minimum absolute atomic E-state index is 0.0547. The summed E-state index contributed by atoms with van der Waals surface area (Å²) in [5.74, 6) is -0.0682. The number of carbonyl (C=O) groups excluding carboxylic acids is 1. The van der Waals surface area contributed by atoms with Gasteiger partial charge in [0, 0.05) is 16.3 Å². The van der Waals surface area contributed by atoms with Crippen LogP contribution in [0.4, 0.5) is 11.4 Å². The van der Waals surface area contributed by atoms with Gasteiger partial charge in [-0.3, -0.25) is 9.52 Å². The van der Waals surface area contributed by atoms with Gasteiger partial charge in [0.25, 0.3) is 15.9 Å². The highest BCUT2D eigenvalue weighted by atomic mass is 35.5. The van der Waals surface area contributed by atoms with Crippen LogP contribution in [-0.2, 0) is 16.4 Å². The van der Waals surface area contributed by atoms with Crippen LogP contribution in [0.15, 0.2) is 71.6 Å². The summed E-state index contributed by atoms with van der Waals surface area (Å²) in [6.07, 6.45) is 0.760. The lowest BCUT2D eigenvalue weighted by molar-refractivity contribution is 0.102. The highest BCUT2D eigenvalue weighted by Crippen LogP contribution is 2.30. The number of para-hydroxylation sites is 1. The quantitative estimate of drug-likeness (QED) is 0.539. The zero-order valence-corrected chi connectivity index (χ0v) is 18.0. The maximum absolute atomic E-state index is 12.9. The molecule has 0 spiro atoms. The van der Waals surface area contributed by atoms with Crippen LogP contribution < -0.4 is 14.8 Å². The average Bonchev–Trinajstić information content (AvgIpc) is 2.74. The first-order valence-electron chi connectivity index (χ1n) is 9.19. The van der Waals surface area contributed by atoms with Crippen LogP contribution in [0.1, 0.15) is 22.8 Å². The standard InChI is InChI=1S/C22H21ClN2O4S/c1-3-15-7-4-5-10-19(15)24-22(26)16-8-6-9-18(13-16)30(27,28)25-20-14-17(23)11-12-21(20)29-2/h4-14,25H,3H2,1-2H3,(H,24,26). The Bertz CT molecular complexity index is 1180. The summed E-state index contributed by atoms with van der Waals surface area (Å²) in [6, 6.07) is 17.9. The number of nitrogens with one attached hydrogen (secondary N) is 2. The van der Waals surface area contributed by atoms with Gasteiger partial charge in [0.1, 0.15) is 5.75 Å². The maximum atomic E-state index is 12.9. The second-order valence-electron chi connectivity index (χ2n) is 6.44. The first kappa shape index (κ1) is 21.7. The van der Waals surface area contributed by atoms with Crippen molar-refractivity contribution < 1.29 is 17.9 Å². The molecule has 0 aliphatic heterocycles. The minimum Gasteiger partial charge on any atom is -0.495 e. The van der Waals surface area contributed by atoms with Crippen molar-refractivity contribution in [1.29, 1.82) is 0 Å². The molecule has 0 aliphatic rings. The van der Waals surface area contributed by atoms with Gasteiger partial charge in [-0.25, -0.2) is 8.42 Å².